The number of hydrogen-bond acceptors (Lipinski definition) is 7. The van der Waals surface area contributed by atoms with Crippen molar-refractivity contribution in [3.05, 3.63) is 53.3 Å². The van der Waals surface area contributed by atoms with Crippen LogP contribution in [0.15, 0.2) is 47.7 Å². The fourth-order valence-corrected chi connectivity index (χ4v) is 6.18. The first-order valence-corrected chi connectivity index (χ1v) is 14.7. The lowest BCUT2D eigenvalue weighted by Crippen LogP contribution is -2.52. The molecular weight excluding hydrogens is 508 g/mol. The molecule has 0 radical (unpaired) electrons. The third kappa shape index (κ3) is 6.87. The molecule has 0 saturated carbocycles. The van der Waals surface area contributed by atoms with Crippen LogP contribution in [-0.4, -0.2) is 104 Å². The summed E-state index contributed by atoms with van der Waals surface area (Å²) in [7, 11) is 1.66. The van der Waals surface area contributed by atoms with E-state index in [2.05, 4.69) is 36.2 Å². The molecular formula is C31H44N4O5. The number of ether oxygens (including phenoxy) is 3. The van der Waals surface area contributed by atoms with Gasteiger partial charge >= 0.3 is 0 Å². The summed E-state index contributed by atoms with van der Waals surface area (Å²) in [4.78, 5) is 33.8. The van der Waals surface area contributed by atoms with Crippen molar-refractivity contribution in [3.8, 4) is 5.75 Å². The number of nitrogens with zero attached hydrogens (tertiary/aromatic N) is 3. The minimum absolute atomic E-state index is 0.00545. The Hall–Kier alpha value is -2.88. The second-order valence-electron chi connectivity index (χ2n) is 11.7. The maximum Gasteiger partial charge on any atom is 0.240 e. The molecule has 0 bridgehead atoms. The van der Waals surface area contributed by atoms with Crippen molar-refractivity contribution in [2.45, 2.75) is 57.8 Å². The van der Waals surface area contributed by atoms with Gasteiger partial charge in [-0.1, -0.05) is 32.1 Å². The summed E-state index contributed by atoms with van der Waals surface area (Å²) in [6.45, 7) is 10.2. The van der Waals surface area contributed by atoms with Crippen LogP contribution in [0.1, 0.15) is 38.7 Å². The fourth-order valence-electron chi connectivity index (χ4n) is 6.18. The third-order valence-corrected chi connectivity index (χ3v) is 8.22. The molecule has 0 spiro atoms. The number of carbonyl (C=O) groups excluding carboxylic acids is 2. The topological polar surface area (TPSA) is 83.6 Å². The minimum Gasteiger partial charge on any atom is -0.497 e. The monoisotopic (exact) mass is 552 g/mol. The van der Waals surface area contributed by atoms with Gasteiger partial charge in [-0.05, 0) is 48.1 Å². The Morgan fingerprint density at radius 2 is 2.02 bits per heavy atom. The zero-order chi connectivity index (χ0) is 28.1. The van der Waals surface area contributed by atoms with Crippen LogP contribution in [0.3, 0.4) is 0 Å². The van der Waals surface area contributed by atoms with E-state index in [0.717, 1.165) is 42.2 Å². The highest BCUT2D eigenvalue weighted by atomic mass is 16.6. The van der Waals surface area contributed by atoms with Crippen LogP contribution in [0.4, 0.5) is 0 Å². The predicted molar refractivity (Wildman–Crippen MR) is 153 cm³/mol. The lowest BCUT2D eigenvalue weighted by molar-refractivity contribution is -0.137. The van der Waals surface area contributed by atoms with Gasteiger partial charge in [-0.2, -0.15) is 0 Å². The van der Waals surface area contributed by atoms with E-state index >= 15 is 0 Å². The van der Waals surface area contributed by atoms with Gasteiger partial charge in [0.05, 0.1) is 19.8 Å². The second kappa shape index (κ2) is 13.2. The number of carbonyl (C=O) groups is 2. The van der Waals surface area contributed by atoms with Crippen molar-refractivity contribution in [1.29, 1.82) is 0 Å². The van der Waals surface area contributed by atoms with Crippen LogP contribution in [0.2, 0.25) is 0 Å². The number of amides is 2. The van der Waals surface area contributed by atoms with E-state index in [9.17, 15) is 9.59 Å². The van der Waals surface area contributed by atoms with Gasteiger partial charge in [0, 0.05) is 58.3 Å². The molecule has 5 rings (SSSR count). The summed E-state index contributed by atoms with van der Waals surface area (Å²) in [5, 5.41) is 3.35. The molecule has 3 heterocycles. The first kappa shape index (κ1) is 28.6. The Kier molecular flexibility index (Phi) is 9.44. The van der Waals surface area contributed by atoms with Crippen LogP contribution < -0.4 is 10.1 Å². The van der Waals surface area contributed by atoms with E-state index in [1.165, 1.54) is 0 Å². The lowest BCUT2D eigenvalue weighted by atomic mass is 10.0. The summed E-state index contributed by atoms with van der Waals surface area (Å²) in [5.74, 6) is 2.21. The first-order valence-electron chi connectivity index (χ1n) is 14.7. The zero-order valence-electron chi connectivity index (χ0n) is 24.1. The average molecular weight is 553 g/mol. The molecule has 3 fully saturated rings. The summed E-state index contributed by atoms with van der Waals surface area (Å²) in [6.07, 6.45) is 6.18. The first-order chi connectivity index (χ1) is 19.4. The standard InChI is InChI=1S/C31H44N4O5/c1-22(2)15-30(36)35(20-23-5-4-6-26(16-23)38-3)25-18-27(31(37)33-11-9-32-10-12-33)34(21-25)19-24-7-8-28-29(17-24)40-14-13-39-28/h4-7,16-17,22,25,27-28,32H,8-15,18-21H2,1-3H3. The Morgan fingerprint density at radius 3 is 2.80 bits per heavy atom. The number of likely N-dealkylation sites (tertiary alicyclic amines) is 1. The molecule has 9 heteroatoms. The summed E-state index contributed by atoms with van der Waals surface area (Å²) >= 11 is 0. The Morgan fingerprint density at radius 1 is 1.20 bits per heavy atom. The van der Waals surface area contributed by atoms with Crippen LogP contribution in [0.5, 0.6) is 5.75 Å². The van der Waals surface area contributed by atoms with Crippen molar-refractivity contribution in [2.75, 3.05) is 59.6 Å². The second-order valence-corrected chi connectivity index (χ2v) is 11.7. The number of methoxy groups -OCH3 is 1. The van der Waals surface area contributed by atoms with Crippen molar-refractivity contribution in [3.63, 3.8) is 0 Å². The number of rotatable bonds is 9. The number of benzene rings is 1. The number of piperazine rings is 1. The van der Waals surface area contributed by atoms with Crippen LogP contribution in [-0.2, 0) is 25.6 Å². The zero-order valence-corrected chi connectivity index (χ0v) is 24.1. The smallest absolute Gasteiger partial charge is 0.240 e. The normalized spacial score (nSPS) is 25.1. The molecule has 4 aliphatic rings. The van der Waals surface area contributed by atoms with E-state index in [0.29, 0.717) is 58.8 Å². The van der Waals surface area contributed by atoms with Gasteiger partial charge in [0.25, 0.3) is 0 Å². The van der Waals surface area contributed by atoms with Gasteiger partial charge in [-0.25, -0.2) is 0 Å². The quantitative estimate of drug-likeness (QED) is 0.504. The predicted octanol–water partition coefficient (Wildman–Crippen LogP) is 2.57. The van der Waals surface area contributed by atoms with Crippen LogP contribution in [0, 0.1) is 5.92 Å². The van der Waals surface area contributed by atoms with Gasteiger partial charge in [0.1, 0.15) is 24.2 Å². The molecule has 3 unspecified atom stereocenters. The van der Waals surface area contributed by atoms with Crippen molar-refractivity contribution in [1.82, 2.24) is 20.0 Å². The van der Waals surface area contributed by atoms with E-state index in [1.54, 1.807) is 7.11 Å². The van der Waals surface area contributed by atoms with Gasteiger partial charge in [-0.15, -0.1) is 0 Å². The van der Waals surface area contributed by atoms with Crippen LogP contribution in [0.25, 0.3) is 0 Å². The molecule has 3 atom stereocenters. The maximum atomic E-state index is 13.9. The van der Waals surface area contributed by atoms with Gasteiger partial charge < -0.3 is 29.3 Å². The van der Waals surface area contributed by atoms with E-state index in [-0.39, 0.29) is 35.9 Å². The highest BCUT2D eigenvalue weighted by Crippen LogP contribution is 2.31. The molecule has 1 aliphatic carbocycles. The highest BCUT2D eigenvalue weighted by Gasteiger charge is 2.42. The molecule has 3 aliphatic heterocycles. The number of fused-ring (bicyclic) bond motifs is 1. The SMILES string of the molecule is COc1cccc(CN(C(=O)CC(C)C)C2CC(C(=O)N3CCNCC3)N(CC3=CCC4OCCOC4=C3)C2)c1. The number of hydrogen-bond donors (Lipinski definition) is 1. The molecule has 1 aromatic rings. The molecule has 1 aromatic carbocycles. The Bertz CT molecular complexity index is 1110. The van der Waals surface area contributed by atoms with Gasteiger partial charge in [-0.3, -0.25) is 14.5 Å². The van der Waals surface area contributed by atoms with Crippen LogP contribution >= 0.6 is 0 Å². The maximum absolute atomic E-state index is 13.9. The molecule has 3 saturated heterocycles. The lowest BCUT2D eigenvalue weighted by Gasteiger charge is -2.34. The third-order valence-electron chi connectivity index (χ3n) is 8.22. The fraction of sp³-hybridized carbons (Fsp3) is 0.613. The molecule has 2 amide bonds. The minimum atomic E-state index is -0.275. The summed E-state index contributed by atoms with van der Waals surface area (Å²) < 4.78 is 17.2. The Labute approximate surface area is 238 Å². The summed E-state index contributed by atoms with van der Waals surface area (Å²) in [6, 6.07) is 7.58. The Balaban J connectivity index is 1.39. The molecule has 9 nitrogen and oxygen atoms in total. The van der Waals surface area contributed by atoms with E-state index in [4.69, 9.17) is 14.2 Å². The number of nitrogens with one attached hydrogen (secondary N) is 1. The van der Waals surface area contributed by atoms with Crippen molar-refractivity contribution < 1.29 is 23.8 Å². The van der Waals surface area contributed by atoms with Crippen molar-refractivity contribution >= 4 is 11.8 Å². The highest BCUT2D eigenvalue weighted by molar-refractivity contribution is 5.83. The average Bonchev–Trinajstić information content (AvgIpc) is 3.38. The van der Waals surface area contributed by atoms with E-state index in [1.807, 2.05) is 34.1 Å². The van der Waals surface area contributed by atoms with E-state index < -0.39 is 0 Å². The van der Waals surface area contributed by atoms with Gasteiger partial charge in [0.15, 0.2) is 0 Å². The molecule has 0 aromatic heterocycles. The van der Waals surface area contributed by atoms with Gasteiger partial charge in [0.2, 0.25) is 11.8 Å². The molecule has 40 heavy (non-hydrogen) atoms. The molecule has 218 valence electrons. The molecule has 1 N–H and O–H groups in total. The largest absolute Gasteiger partial charge is 0.497 e. The van der Waals surface area contributed by atoms with Crippen molar-refractivity contribution in [2.24, 2.45) is 5.92 Å². The summed E-state index contributed by atoms with van der Waals surface area (Å²) in [5.41, 5.74) is 2.17.